The summed E-state index contributed by atoms with van der Waals surface area (Å²) in [5.41, 5.74) is 8.33. The highest BCUT2D eigenvalue weighted by Crippen LogP contribution is 2.27. The molecule has 0 saturated heterocycles. The molecule has 1 unspecified atom stereocenters. The first-order valence-electron chi connectivity index (χ1n) is 4.83. The smallest absolute Gasteiger partial charge is 0.145 e. The van der Waals surface area contributed by atoms with Gasteiger partial charge in [0.05, 0.1) is 12.3 Å². The maximum atomic E-state index is 9.14. The van der Waals surface area contributed by atoms with Crippen LogP contribution in [0.1, 0.15) is 11.1 Å². The van der Waals surface area contributed by atoms with Gasteiger partial charge < -0.3 is 20.7 Å². The summed E-state index contributed by atoms with van der Waals surface area (Å²) in [6.45, 7) is 3.58. The largest absolute Gasteiger partial charge is 0.488 e. The van der Waals surface area contributed by atoms with Gasteiger partial charge in [0, 0.05) is 0 Å². The second kappa shape index (κ2) is 5.00. The van der Waals surface area contributed by atoms with Crippen LogP contribution in [0.3, 0.4) is 0 Å². The van der Waals surface area contributed by atoms with Crippen molar-refractivity contribution in [3.8, 4) is 5.75 Å². The minimum Gasteiger partial charge on any atom is -0.488 e. The molecule has 0 saturated carbocycles. The summed E-state index contributed by atoms with van der Waals surface area (Å²) in [6, 6.07) is 3.77. The molecule has 0 radical (unpaired) electrons. The van der Waals surface area contributed by atoms with Gasteiger partial charge in [0.25, 0.3) is 0 Å². The van der Waals surface area contributed by atoms with Crippen molar-refractivity contribution in [3.05, 3.63) is 23.3 Å². The number of hydrogen-bond donors (Lipinski definition) is 3. The van der Waals surface area contributed by atoms with Crippen LogP contribution in [0.4, 0.5) is 5.69 Å². The lowest BCUT2D eigenvalue weighted by Crippen LogP contribution is -2.21. The van der Waals surface area contributed by atoms with E-state index < -0.39 is 6.10 Å². The van der Waals surface area contributed by atoms with Crippen LogP contribution >= 0.6 is 0 Å². The van der Waals surface area contributed by atoms with Gasteiger partial charge in [0.1, 0.15) is 18.5 Å². The summed E-state index contributed by atoms with van der Waals surface area (Å²) in [7, 11) is 0. The van der Waals surface area contributed by atoms with E-state index in [2.05, 4.69) is 0 Å². The van der Waals surface area contributed by atoms with Crippen molar-refractivity contribution in [2.75, 3.05) is 18.9 Å². The van der Waals surface area contributed by atoms with Crippen molar-refractivity contribution in [1.29, 1.82) is 0 Å². The predicted molar refractivity (Wildman–Crippen MR) is 58.9 cm³/mol. The van der Waals surface area contributed by atoms with E-state index in [1.54, 1.807) is 0 Å². The predicted octanol–water partition coefficient (Wildman–Crippen LogP) is 0.618. The molecule has 0 heterocycles. The van der Waals surface area contributed by atoms with E-state index in [-0.39, 0.29) is 13.2 Å². The second-order valence-corrected chi connectivity index (χ2v) is 3.65. The van der Waals surface area contributed by atoms with Crippen LogP contribution in [0.25, 0.3) is 0 Å². The average Bonchev–Trinajstić information content (AvgIpc) is 2.15. The molecule has 1 rings (SSSR count). The number of rotatable bonds is 4. The lowest BCUT2D eigenvalue weighted by atomic mass is 10.1. The molecule has 0 amide bonds. The molecular formula is C11H17NO3. The fourth-order valence-corrected chi connectivity index (χ4v) is 1.42. The van der Waals surface area contributed by atoms with Crippen LogP contribution in [0.15, 0.2) is 12.1 Å². The fourth-order valence-electron chi connectivity index (χ4n) is 1.42. The molecular weight excluding hydrogens is 194 g/mol. The standard InChI is InChI=1S/C11H17NO3/c1-7-3-8(2)11(10(12)4-7)15-6-9(14)5-13/h3-4,9,13-14H,5-6,12H2,1-2H3. The Hall–Kier alpha value is -1.26. The summed E-state index contributed by atoms with van der Waals surface area (Å²) < 4.78 is 5.34. The zero-order valence-corrected chi connectivity index (χ0v) is 9.03. The summed E-state index contributed by atoms with van der Waals surface area (Å²) in [4.78, 5) is 0. The Morgan fingerprint density at radius 2 is 2.07 bits per heavy atom. The number of nitrogen functional groups attached to an aromatic ring is 1. The molecule has 1 atom stereocenters. The molecule has 0 aliphatic rings. The first-order chi connectivity index (χ1) is 7.04. The van der Waals surface area contributed by atoms with E-state index in [9.17, 15) is 0 Å². The maximum Gasteiger partial charge on any atom is 0.145 e. The monoisotopic (exact) mass is 211 g/mol. The highest BCUT2D eigenvalue weighted by molar-refractivity contribution is 5.58. The minimum absolute atomic E-state index is 0.0462. The van der Waals surface area contributed by atoms with Crippen LogP contribution in [0, 0.1) is 13.8 Å². The van der Waals surface area contributed by atoms with E-state index in [1.807, 2.05) is 26.0 Å². The van der Waals surface area contributed by atoms with Crippen LogP contribution in [0.2, 0.25) is 0 Å². The zero-order valence-electron chi connectivity index (χ0n) is 9.03. The van der Waals surface area contributed by atoms with Crippen molar-refractivity contribution < 1.29 is 14.9 Å². The highest BCUT2D eigenvalue weighted by atomic mass is 16.5. The van der Waals surface area contributed by atoms with Crippen molar-refractivity contribution in [3.63, 3.8) is 0 Å². The Balaban J connectivity index is 2.77. The summed E-state index contributed by atoms with van der Waals surface area (Å²) in [5, 5.41) is 17.8. The first kappa shape index (κ1) is 11.8. The number of aryl methyl sites for hydroxylation is 2. The Bertz CT molecular complexity index is 316. The summed E-state index contributed by atoms with van der Waals surface area (Å²) in [5.74, 6) is 0.577. The number of hydrogen-bond acceptors (Lipinski definition) is 4. The SMILES string of the molecule is Cc1cc(C)c(OCC(O)CO)c(N)c1. The van der Waals surface area contributed by atoms with E-state index in [4.69, 9.17) is 20.7 Å². The zero-order chi connectivity index (χ0) is 11.4. The van der Waals surface area contributed by atoms with Crippen LogP contribution in [0.5, 0.6) is 5.75 Å². The van der Waals surface area contributed by atoms with Crippen LogP contribution < -0.4 is 10.5 Å². The third kappa shape index (κ3) is 3.11. The van der Waals surface area contributed by atoms with Gasteiger partial charge in [-0.3, -0.25) is 0 Å². The maximum absolute atomic E-state index is 9.14. The van der Waals surface area contributed by atoms with Crippen molar-refractivity contribution in [2.45, 2.75) is 20.0 Å². The molecule has 0 aromatic heterocycles. The Labute approximate surface area is 89.3 Å². The summed E-state index contributed by atoms with van der Waals surface area (Å²) >= 11 is 0. The van der Waals surface area contributed by atoms with Gasteiger partial charge in [-0.2, -0.15) is 0 Å². The molecule has 0 spiro atoms. The topological polar surface area (TPSA) is 75.7 Å². The molecule has 0 bridgehead atoms. The molecule has 1 aromatic rings. The second-order valence-electron chi connectivity index (χ2n) is 3.65. The fraction of sp³-hybridized carbons (Fsp3) is 0.455. The third-order valence-electron chi connectivity index (χ3n) is 2.08. The van der Waals surface area contributed by atoms with E-state index in [1.165, 1.54) is 0 Å². The average molecular weight is 211 g/mol. The van der Waals surface area contributed by atoms with Gasteiger partial charge in [0.15, 0.2) is 0 Å². The molecule has 15 heavy (non-hydrogen) atoms. The van der Waals surface area contributed by atoms with Crippen molar-refractivity contribution >= 4 is 5.69 Å². The van der Waals surface area contributed by atoms with Gasteiger partial charge in [-0.25, -0.2) is 0 Å². The summed E-state index contributed by atoms with van der Waals surface area (Å²) in [6.07, 6.45) is -0.870. The molecule has 1 aromatic carbocycles. The quantitative estimate of drug-likeness (QED) is 0.638. The Morgan fingerprint density at radius 1 is 1.40 bits per heavy atom. The number of aliphatic hydroxyl groups excluding tert-OH is 2. The third-order valence-corrected chi connectivity index (χ3v) is 2.08. The normalized spacial score (nSPS) is 12.5. The molecule has 0 aliphatic heterocycles. The number of nitrogens with two attached hydrogens (primary N) is 1. The first-order valence-corrected chi connectivity index (χ1v) is 4.83. The van der Waals surface area contributed by atoms with Gasteiger partial charge in [-0.1, -0.05) is 6.07 Å². The number of aliphatic hydroxyl groups is 2. The van der Waals surface area contributed by atoms with E-state index >= 15 is 0 Å². The van der Waals surface area contributed by atoms with Crippen molar-refractivity contribution in [1.82, 2.24) is 0 Å². The lowest BCUT2D eigenvalue weighted by molar-refractivity contribution is 0.0536. The molecule has 4 N–H and O–H groups in total. The van der Waals surface area contributed by atoms with Gasteiger partial charge >= 0.3 is 0 Å². The lowest BCUT2D eigenvalue weighted by Gasteiger charge is -2.14. The van der Waals surface area contributed by atoms with E-state index in [0.717, 1.165) is 11.1 Å². The Morgan fingerprint density at radius 3 is 2.60 bits per heavy atom. The van der Waals surface area contributed by atoms with Crippen LogP contribution in [-0.4, -0.2) is 29.5 Å². The Kier molecular flexibility index (Phi) is 3.94. The van der Waals surface area contributed by atoms with Crippen LogP contribution in [-0.2, 0) is 0 Å². The number of anilines is 1. The minimum atomic E-state index is -0.870. The molecule has 84 valence electrons. The van der Waals surface area contributed by atoms with Gasteiger partial charge in [-0.15, -0.1) is 0 Å². The van der Waals surface area contributed by atoms with Crippen molar-refractivity contribution in [2.24, 2.45) is 0 Å². The molecule has 0 fully saturated rings. The molecule has 4 nitrogen and oxygen atoms in total. The molecule has 0 aliphatic carbocycles. The molecule has 4 heteroatoms. The number of benzene rings is 1. The van der Waals surface area contributed by atoms with Gasteiger partial charge in [0.2, 0.25) is 0 Å². The highest BCUT2D eigenvalue weighted by Gasteiger charge is 2.08. The van der Waals surface area contributed by atoms with Gasteiger partial charge in [-0.05, 0) is 31.0 Å². The number of ether oxygens (including phenoxy) is 1. The van der Waals surface area contributed by atoms with E-state index in [0.29, 0.717) is 11.4 Å².